The molecule has 2 N–H and O–H groups in total. The van der Waals surface area contributed by atoms with E-state index in [0.717, 1.165) is 11.0 Å². The summed E-state index contributed by atoms with van der Waals surface area (Å²) in [6, 6.07) is 5.20. The van der Waals surface area contributed by atoms with Crippen molar-refractivity contribution in [3.05, 3.63) is 24.0 Å². The number of nitrogens with zero attached hydrogens (tertiary/aromatic N) is 2. The Morgan fingerprint density at radius 3 is 2.62 bits per heavy atom. The maximum Gasteiger partial charge on any atom is 0.408 e. The van der Waals surface area contributed by atoms with Gasteiger partial charge in [-0.2, -0.15) is 0 Å². The molecule has 1 atom stereocenters. The first-order valence-corrected chi connectivity index (χ1v) is 8.46. The summed E-state index contributed by atoms with van der Waals surface area (Å²) < 4.78 is 12.6. The van der Waals surface area contributed by atoms with Crippen LogP contribution in [0.2, 0.25) is 0 Å². The molecule has 0 aliphatic heterocycles. The van der Waals surface area contributed by atoms with Gasteiger partial charge in [0.2, 0.25) is 0 Å². The Kier molecular flexibility index (Phi) is 5.74. The van der Waals surface area contributed by atoms with E-state index >= 15 is 0 Å². The molecule has 0 spiro atoms. The summed E-state index contributed by atoms with van der Waals surface area (Å²) in [5, 5.41) is 11.7. The van der Waals surface area contributed by atoms with Crippen LogP contribution in [0.5, 0.6) is 5.75 Å². The number of aryl methyl sites for hydroxylation is 1. The van der Waals surface area contributed by atoms with E-state index < -0.39 is 23.8 Å². The van der Waals surface area contributed by atoms with E-state index in [2.05, 4.69) is 10.3 Å². The molecule has 0 saturated heterocycles. The highest BCUT2D eigenvalue weighted by Crippen LogP contribution is 2.23. The second-order valence-corrected chi connectivity index (χ2v) is 6.88. The van der Waals surface area contributed by atoms with Crippen molar-refractivity contribution in [3.8, 4) is 5.75 Å². The highest BCUT2D eigenvalue weighted by atomic mass is 16.6. The summed E-state index contributed by atoms with van der Waals surface area (Å²) in [7, 11) is 0. The molecule has 142 valence electrons. The van der Waals surface area contributed by atoms with Gasteiger partial charge in [-0.15, -0.1) is 0 Å². The number of hydrogen-bond donors (Lipinski definition) is 2. The molecular formula is C18H25N3O5. The first-order valence-electron chi connectivity index (χ1n) is 8.46. The summed E-state index contributed by atoms with van der Waals surface area (Å²) in [5.41, 5.74) is 0.981. The SMILES string of the molecule is CCn1c(CNC(=O)OC(C)(C)C)nc2ccc(OC(C)C(=O)O)cc21. The number of amides is 1. The van der Waals surface area contributed by atoms with Gasteiger partial charge in [0.05, 0.1) is 17.6 Å². The molecule has 26 heavy (non-hydrogen) atoms. The Hall–Kier alpha value is -2.77. The van der Waals surface area contributed by atoms with Crippen molar-refractivity contribution in [1.29, 1.82) is 0 Å². The Morgan fingerprint density at radius 1 is 1.35 bits per heavy atom. The number of alkyl carbamates (subject to hydrolysis) is 1. The van der Waals surface area contributed by atoms with Crippen LogP contribution in [-0.2, 0) is 22.6 Å². The lowest BCUT2D eigenvalue weighted by molar-refractivity contribution is -0.144. The van der Waals surface area contributed by atoms with Gasteiger partial charge in [0.15, 0.2) is 6.10 Å². The largest absolute Gasteiger partial charge is 0.479 e. The molecule has 1 heterocycles. The zero-order valence-corrected chi connectivity index (χ0v) is 15.7. The molecule has 0 radical (unpaired) electrons. The summed E-state index contributed by atoms with van der Waals surface area (Å²) in [4.78, 5) is 27.3. The zero-order chi connectivity index (χ0) is 19.5. The fourth-order valence-electron chi connectivity index (χ4n) is 2.43. The Balaban J connectivity index is 2.20. The Bertz CT molecular complexity index is 807. The number of rotatable bonds is 6. The molecule has 0 aliphatic carbocycles. The minimum atomic E-state index is -1.03. The Labute approximate surface area is 152 Å². The maximum atomic E-state index is 11.8. The molecular weight excluding hydrogens is 338 g/mol. The summed E-state index contributed by atoms with van der Waals surface area (Å²) in [6.45, 7) is 9.69. The fourth-order valence-corrected chi connectivity index (χ4v) is 2.43. The van der Waals surface area contributed by atoms with Crippen LogP contribution < -0.4 is 10.1 Å². The van der Waals surface area contributed by atoms with E-state index in [-0.39, 0.29) is 6.54 Å². The predicted molar refractivity (Wildman–Crippen MR) is 96.2 cm³/mol. The number of imidazole rings is 1. The van der Waals surface area contributed by atoms with Crippen molar-refractivity contribution in [2.45, 2.75) is 59.4 Å². The minimum absolute atomic E-state index is 0.221. The standard InChI is InChI=1S/C18H25N3O5/c1-6-21-14-9-12(25-11(2)16(22)23)7-8-13(14)20-15(21)10-19-17(24)26-18(3,4)5/h7-9,11H,6,10H2,1-5H3,(H,19,24)(H,22,23). The lowest BCUT2D eigenvalue weighted by Gasteiger charge is -2.19. The number of aromatic nitrogens is 2. The van der Waals surface area contributed by atoms with Gasteiger partial charge in [-0.05, 0) is 46.8 Å². The van der Waals surface area contributed by atoms with Crippen LogP contribution in [-0.4, -0.2) is 38.4 Å². The molecule has 0 aliphatic rings. The van der Waals surface area contributed by atoms with Crippen LogP contribution in [0.1, 0.15) is 40.4 Å². The zero-order valence-electron chi connectivity index (χ0n) is 15.7. The van der Waals surface area contributed by atoms with Crippen molar-refractivity contribution >= 4 is 23.1 Å². The van der Waals surface area contributed by atoms with Crippen LogP contribution in [0.4, 0.5) is 4.79 Å². The number of carbonyl (C=O) groups excluding carboxylic acids is 1. The number of nitrogens with one attached hydrogen (secondary N) is 1. The number of carboxylic acids is 1. The van der Waals surface area contributed by atoms with Gasteiger partial charge in [0.1, 0.15) is 17.2 Å². The summed E-state index contributed by atoms with van der Waals surface area (Å²) in [5.74, 6) is 0.0989. The van der Waals surface area contributed by atoms with E-state index in [1.807, 2.05) is 11.5 Å². The molecule has 1 unspecified atom stereocenters. The predicted octanol–water partition coefficient (Wildman–Crippen LogP) is 2.93. The minimum Gasteiger partial charge on any atom is -0.479 e. The second kappa shape index (κ2) is 7.63. The van der Waals surface area contributed by atoms with Crippen molar-refractivity contribution in [3.63, 3.8) is 0 Å². The molecule has 2 aromatic rings. The van der Waals surface area contributed by atoms with Crippen molar-refractivity contribution in [2.75, 3.05) is 0 Å². The summed E-state index contributed by atoms with van der Waals surface area (Å²) in [6.07, 6.45) is -1.45. The van der Waals surface area contributed by atoms with Gasteiger partial charge in [-0.1, -0.05) is 0 Å². The van der Waals surface area contributed by atoms with Gasteiger partial charge in [-0.25, -0.2) is 14.6 Å². The number of carbonyl (C=O) groups is 2. The van der Waals surface area contributed by atoms with E-state index in [1.165, 1.54) is 6.92 Å². The third-order valence-electron chi connectivity index (χ3n) is 3.57. The normalized spacial score (nSPS) is 12.7. The molecule has 8 nitrogen and oxygen atoms in total. The lowest BCUT2D eigenvalue weighted by Crippen LogP contribution is -2.32. The Morgan fingerprint density at radius 2 is 2.04 bits per heavy atom. The van der Waals surface area contributed by atoms with Crippen LogP contribution in [0.3, 0.4) is 0 Å². The number of hydrogen-bond acceptors (Lipinski definition) is 5. The van der Waals surface area contributed by atoms with Crippen molar-refractivity contribution < 1.29 is 24.2 Å². The maximum absolute atomic E-state index is 11.8. The number of carboxylic acid groups (broad SMARTS) is 1. The molecule has 1 aromatic carbocycles. The molecule has 1 aromatic heterocycles. The van der Waals surface area contributed by atoms with Crippen LogP contribution in [0.25, 0.3) is 11.0 Å². The smallest absolute Gasteiger partial charge is 0.408 e. The van der Waals surface area contributed by atoms with Crippen molar-refractivity contribution in [1.82, 2.24) is 14.9 Å². The first kappa shape index (κ1) is 19.6. The molecule has 0 fully saturated rings. The van der Waals surface area contributed by atoms with Crippen LogP contribution in [0, 0.1) is 0 Å². The summed E-state index contributed by atoms with van der Waals surface area (Å²) >= 11 is 0. The molecule has 8 heteroatoms. The lowest BCUT2D eigenvalue weighted by atomic mass is 10.2. The van der Waals surface area contributed by atoms with Gasteiger partial charge in [0, 0.05) is 12.6 Å². The highest BCUT2D eigenvalue weighted by molar-refractivity contribution is 5.78. The quantitative estimate of drug-likeness (QED) is 0.818. The molecule has 0 bridgehead atoms. The highest BCUT2D eigenvalue weighted by Gasteiger charge is 2.18. The average Bonchev–Trinajstić information content (AvgIpc) is 2.88. The average molecular weight is 363 g/mol. The third-order valence-corrected chi connectivity index (χ3v) is 3.57. The van der Waals surface area contributed by atoms with Crippen LogP contribution >= 0.6 is 0 Å². The number of aliphatic carboxylic acids is 1. The molecule has 1 amide bonds. The van der Waals surface area contributed by atoms with Gasteiger partial charge in [0.25, 0.3) is 0 Å². The van der Waals surface area contributed by atoms with E-state index in [4.69, 9.17) is 14.6 Å². The molecule has 2 rings (SSSR count). The number of fused-ring (bicyclic) bond motifs is 1. The number of ether oxygens (including phenoxy) is 2. The topological polar surface area (TPSA) is 103 Å². The fraction of sp³-hybridized carbons (Fsp3) is 0.500. The van der Waals surface area contributed by atoms with E-state index in [9.17, 15) is 9.59 Å². The monoisotopic (exact) mass is 363 g/mol. The van der Waals surface area contributed by atoms with E-state index in [1.54, 1.807) is 39.0 Å². The van der Waals surface area contributed by atoms with Gasteiger partial charge >= 0.3 is 12.1 Å². The molecule has 0 saturated carbocycles. The number of benzene rings is 1. The second-order valence-electron chi connectivity index (χ2n) is 6.88. The van der Waals surface area contributed by atoms with Crippen molar-refractivity contribution in [2.24, 2.45) is 0 Å². The van der Waals surface area contributed by atoms with E-state index in [0.29, 0.717) is 18.1 Å². The van der Waals surface area contributed by atoms with Gasteiger partial charge in [-0.3, -0.25) is 0 Å². The van der Waals surface area contributed by atoms with Crippen LogP contribution in [0.15, 0.2) is 18.2 Å². The third kappa shape index (κ3) is 4.87. The van der Waals surface area contributed by atoms with Gasteiger partial charge < -0.3 is 24.5 Å². The first-order chi connectivity index (χ1) is 12.1.